The van der Waals surface area contributed by atoms with E-state index in [9.17, 15) is 9.59 Å². The normalized spacial score (nSPS) is 17.6. The van der Waals surface area contributed by atoms with Crippen molar-refractivity contribution in [1.29, 1.82) is 0 Å². The number of carbonyl (C=O) groups excluding carboxylic acids is 2. The van der Waals surface area contributed by atoms with E-state index in [1.54, 1.807) is 18.8 Å². The number of nitrogens with one attached hydrogen (secondary N) is 2. The van der Waals surface area contributed by atoms with Gasteiger partial charge in [0.05, 0.1) is 12.6 Å². The number of aryl methyl sites for hydroxylation is 1. The van der Waals surface area contributed by atoms with Crippen molar-refractivity contribution in [2.45, 2.75) is 19.9 Å². The Hall–Kier alpha value is -1.53. The molecule has 1 aliphatic rings. The molecule has 21 heavy (non-hydrogen) atoms. The fraction of sp³-hybridized carbons (Fsp3) is 0.467. The summed E-state index contributed by atoms with van der Waals surface area (Å²) < 4.78 is 0. The maximum Gasteiger partial charge on any atom is 0.243 e. The van der Waals surface area contributed by atoms with Crippen LogP contribution in [0.3, 0.4) is 0 Å². The van der Waals surface area contributed by atoms with Gasteiger partial charge in [-0.1, -0.05) is 12.1 Å². The van der Waals surface area contributed by atoms with E-state index in [1.165, 1.54) is 4.90 Å². The second-order valence-electron chi connectivity index (χ2n) is 5.26. The molecule has 1 atom stereocenters. The van der Waals surface area contributed by atoms with Gasteiger partial charge in [-0.3, -0.25) is 14.9 Å². The number of benzene rings is 1. The molecular formula is C15H21N3O2S. The van der Waals surface area contributed by atoms with E-state index in [0.29, 0.717) is 0 Å². The Kier molecular flexibility index (Phi) is 5.25. The number of rotatable bonds is 4. The summed E-state index contributed by atoms with van der Waals surface area (Å²) in [6, 6.07) is 5.61. The van der Waals surface area contributed by atoms with Gasteiger partial charge in [-0.2, -0.15) is 0 Å². The summed E-state index contributed by atoms with van der Waals surface area (Å²) in [6.45, 7) is 4.04. The van der Waals surface area contributed by atoms with Crippen LogP contribution in [0.25, 0.3) is 0 Å². The number of nitrogens with zero attached hydrogens (tertiary/aromatic N) is 1. The molecule has 2 rings (SSSR count). The monoisotopic (exact) mass is 307 g/mol. The van der Waals surface area contributed by atoms with Crippen LogP contribution in [-0.2, 0) is 9.59 Å². The standard InChI is InChI=1S/C15H21N3O2S/c1-10-5-4-6-12(11(10)2)17-14(19)7-18(3)15(20)13-8-21-9-16-13/h4-6,13,16H,7-9H2,1-3H3,(H,17,19). The summed E-state index contributed by atoms with van der Waals surface area (Å²) in [5.74, 6) is 1.35. The largest absolute Gasteiger partial charge is 0.335 e. The molecule has 1 aromatic carbocycles. The van der Waals surface area contributed by atoms with Crippen molar-refractivity contribution in [3.8, 4) is 0 Å². The molecule has 0 bridgehead atoms. The number of likely N-dealkylation sites (N-methyl/N-ethyl adjacent to an activating group) is 1. The molecule has 1 unspecified atom stereocenters. The molecule has 0 radical (unpaired) electrons. The van der Waals surface area contributed by atoms with Gasteiger partial charge in [0.25, 0.3) is 0 Å². The molecule has 2 amide bonds. The van der Waals surface area contributed by atoms with Crippen LogP contribution in [0.5, 0.6) is 0 Å². The maximum atomic E-state index is 12.1. The Bertz CT molecular complexity index is 542. The van der Waals surface area contributed by atoms with Crippen LogP contribution in [0.1, 0.15) is 11.1 Å². The van der Waals surface area contributed by atoms with Crippen LogP contribution in [0, 0.1) is 13.8 Å². The number of carbonyl (C=O) groups is 2. The van der Waals surface area contributed by atoms with Gasteiger partial charge in [0.15, 0.2) is 0 Å². The second kappa shape index (κ2) is 6.95. The van der Waals surface area contributed by atoms with Crippen LogP contribution < -0.4 is 10.6 Å². The first-order chi connectivity index (χ1) is 9.99. The molecule has 0 saturated carbocycles. The first-order valence-electron chi connectivity index (χ1n) is 6.91. The summed E-state index contributed by atoms with van der Waals surface area (Å²) >= 11 is 1.69. The molecule has 114 valence electrons. The van der Waals surface area contributed by atoms with E-state index in [1.807, 2.05) is 32.0 Å². The van der Waals surface area contributed by atoms with Gasteiger partial charge in [-0.15, -0.1) is 11.8 Å². The Balaban J connectivity index is 1.92. The molecule has 0 aromatic heterocycles. The van der Waals surface area contributed by atoms with Crippen LogP contribution >= 0.6 is 11.8 Å². The molecule has 6 heteroatoms. The fourth-order valence-electron chi connectivity index (χ4n) is 2.19. The number of amides is 2. The van der Waals surface area contributed by atoms with Gasteiger partial charge in [0, 0.05) is 24.4 Å². The van der Waals surface area contributed by atoms with Gasteiger partial charge in [-0.25, -0.2) is 0 Å². The quantitative estimate of drug-likeness (QED) is 0.882. The molecule has 1 aliphatic heterocycles. The van der Waals surface area contributed by atoms with E-state index in [-0.39, 0.29) is 24.4 Å². The third kappa shape index (κ3) is 3.98. The lowest BCUT2D eigenvalue weighted by molar-refractivity contribution is -0.134. The van der Waals surface area contributed by atoms with E-state index in [0.717, 1.165) is 28.4 Å². The molecule has 2 N–H and O–H groups in total. The van der Waals surface area contributed by atoms with Gasteiger partial charge in [0.2, 0.25) is 11.8 Å². The molecular weight excluding hydrogens is 286 g/mol. The zero-order valence-corrected chi connectivity index (χ0v) is 13.4. The van der Waals surface area contributed by atoms with Crippen molar-refractivity contribution >= 4 is 29.3 Å². The molecule has 1 heterocycles. The Morgan fingerprint density at radius 1 is 1.43 bits per heavy atom. The number of thioether (sulfide) groups is 1. The van der Waals surface area contributed by atoms with Crippen LogP contribution in [0.15, 0.2) is 18.2 Å². The summed E-state index contributed by atoms with van der Waals surface area (Å²) in [7, 11) is 1.66. The van der Waals surface area contributed by atoms with Gasteiger partial charge < -0.3 is 10.2 Å². The number of hydrogen-bond acceptors (Lipinski definition) is 4. The van der Waals surface area contributed by atoms with Crippen LogP contribution in [0.4, 0.5) is 5.69 Å². The van der Waals surface area contributed by atoms with E-state index in [2.05, 4.69) is 10.6 Å². The summed E-state index contributed by atoms with van der Waals surface area (Å²) in [5, 5.41) is 5.99. The fourth-order valence-corrected chi connectivity index (χ4v) is 3.12. The lowest BCUT2D eigenvalue weighted by atomic mass is 10.1. The SMILES string of the molecule is Cc1cccc(NC(=O)CN(C)C(=O)C2CSCN2)c1C. The van der Waals surface area contributed by atoms with Gasteiger partial charge in [0.1, 0.15) is 0 Å². The third-order valence-electron chi connectivity index (χ3n) is 3.65. The third-order valence-corrected chi connectivity index (χ3v) is 4.59. The average molecular weight is 307 g/mol. The Morgan fingerprint density at radius 3 is 2.86 bits per heavy atom. The minimum atomic E-state index is -0.176. The molecule has 1 fully saturated rings. The minimum Gasteiger partial charge on any atom is -0.335 e. The van der Waals surface area contributed by atoms with E-state index < -0.39 is 0 Å². The first-order valence-corrected chi connectivity index (χ1v) is 8.06. The van der Waals surface area contributed by atoms with Crippen molar-refractivity contribution < 1.29 is 9.59 Å². The predicted molar refractivity (Wildman–Crippen MR) is 86.4 cm³/mol. The highest BCUT2D eigenvalue weighted by Crippen LogP contribution is 2.18. The average Bonchev–Trinajstić information content (AvgIpc) is 2.97. The first kappa shape index (κ1) is 15.9. The Labute approximate surface area is 129 Å². The number of hydrogen-bond donors (Lipinski definition) is 2. The molecule has 1 saturated heterocycles. The highest BCUT2D eigenvalue weighted by Gasteiger charge is 2.26. The molecule has 1 aromatic rings. The van der Waals surface area contributed by atoms with Crippen molar-refractivity contribution in [3.05, 3.63) is 29.3 Å². The summed E-state index contributed by atoms with van der Waals surface area (Å²) in [4.78, 5) is 25.7. The van der Waals surface area contributed by atoms with Crippen molar-refractivity contribution in [3.63, 3.8) is 0 Å². The minimum absolute atomic E-state index is 0.0314. The van der Waals surface area contributed by atoms with E-state index in [4.69, 9.17) is 0 Å². The van der Waals surface area contributed by atoms with Gasteiger partial charge >= 0.3 is 0 Å². The van der Waals surface area contributed by atoms with Crippen molar-refractivity contribution in [2.24, 2.45) is 0 Å². The topological polar surface area (TPSA) is 61.4 Å². The summed E-state index contributed by atoms with van der Waals surface area (Å²) in [5.41, 5.74) is 2.98. The highest BCUT2D eigenvalue weighted by atomic mass is 32.2. The van der Waals surface area contributed by atoms with E-state index >= 15 is 0 Å². The zero-order chi connectivity index (χ0) is 15.4. The van der Waals surface area contributed by atoms with Gasteiger partial charge in [-0.05, 0) is 31.0 Å². The lowest BCUT2D eigenvalue weighted by Crippen LogP contribution is -2.45. The number of anilines is 1. The predicted octanol–water partition coefficient (Wildman–Crippen LogP) is 1.36. The Morgan fingerprint density at radius 2 is 2.19 bits per heavy atom. The zero-order valence-electron chi connectivity index (χ0n) is 12.6. The second-order valence-corrected chi connectivity index (χ2v) is 6.29. The smallest absolute Gasteiger partial charge is 0.243 e. The lowest BCUT2D eigenvalue weighted by Gasteiger charge is -2.20. The van der Waals surface area contributed by atoms with Crippen molar-refractivity contribution in [1.82, 2.24) is 10.2 Å². The van der Waals surface area contributed by atoms with Crippen LogP contribution in [-0.4, -0.2) is 48.0 Å². The van der Waals surface area contributed by atoms with Crippen LogP contribution in [0.2, 0.25) is 0 Å². The van der Waals surface area contributed by atoms with Crippen molar-refractivity contribution in [2.75, 3.05) is 30.5 Å². The molecule has 0 aliphatic carbocycles. The molecule has 5 nitrogen and oxygen atoms in total. The maximum absolute atomic E-state index is 12.1. The molecule has 0 spiro atoms. The highest BCUT2D eigenvalue weighted by molar-refractivity contribution is 7.99. The summed E-state index contributed by atoms with van der Waals surface area (Å²) in [6.07, 6.45) is 0.